The summed E-state index contributed by atoms with van der Waals surface area (Å²) in [7, 11) is 5.66. The molecule has 22 heavy (non-hydrogen) atoms. The lowest BCUT2D eigenvalue weighted by molar-refractivity contribution is -0.150. The van der Waals surface area contributed by atoms with Crippen molar-refractivity contribution < 1.29 is 33.6 Å². The molecule has 1 aromatic carbocycles. The fourth-order valence-corrected chi connectivity index (χ4v) is 2.21. The highest BCUT2D eigenvalue weighted by atomic mass is 16.5. The van der Waals surface area contributed by atoms with E-state index in [9.17, 15) is 9.59 Å². The van der Waals surface area contributed by atoms with Crippen LogP contribution in [0.25, 0.3) is 0 Å². The van der Waals surface area contributed by atoms with Gasteiger partial charge in [0.1, 0.15) is 0 Å². The number of carboxylic acids is 1. The molecule has 0 radical (unpaired) electrons. The maximum absolute atomic E-state index is 11.7. The number of aliphatic carboxylic acids is 1. The van der Waals surface area contributed by atoms with Crippen molar-refractivity contribution in [1.82, 2.24) is 0 Å². The highest BCUT2D eigenvalue weighted by Gasteiger charge is 2.26. The molecule has 0 aromatic heterocycles. The zero-order chi connectivity index (χ0) is 16.7. The Labute approximate surface area is 128 Å². The maximum Gasteiger partial charge on any atom is 0.309 e. The summed E-state index contributed by atoms with van der Waals surface area (Å²) in [5.74, 6) is -1.19. The molecule has 1 N–H and O–H groups in total. The molecule has 1 aromatic rings. The van der Waals surface area contributed by atoms with E-state index >= 15 is 0 Å². The van der Waals surface area contributed by atoms with Crippen molar-refractivity contribution in [2.24, 2.45) is 5.92 Å². The Kier molecular flexibility index (Phi) is 6.49. The van der Waals surface area contributed by atoms with Gasteiger partial charge in [0.2, 0.25) is 5.75 Å². The first kappa shape index (κ1) is 17.6. The predicted molar refractivity (Wildman–Crippen MR) is 77.6 cm³/mol. The average molecular weight is 312 g/mol. The number of methoxy groups -OCH3 is 4. The zero-order valence-electron chi connectivity index (χ0n) is 13.0. The summed E-state index contributed by atoms with van der Waals surface area (Å²) in [5, 5.41) is 8.93. The zero-order valence-corrected chi connectivity index (χ0v) is 13.0. The Morgan fingerprint density at radius 1 is 1.05 bits per heavy atom. The summed E-state index contributed by atoms with van der Waals surface area (Å²) in [6.07, 6.45) is -0.174. The second-order valence-electron chi connectivity index (χ2n) is 4.52. The minimum absolute atomic E-state index is 0.155. The average Bonchev–Trinajstić information content (AvgIpc) is 2.52. The van der Waals surface area contributed by atoms with E-state index in [1.165, 1.54) is 28.4 Å². The molecule has 1 atom stereocenters. The summed E-state index contributed by atoms with van der Waals surface area (Å²) in [6, 6.07) is 3.38. The molecule has 0 amide bonds. The van der Waals surface area contributed by atoms with Crippen molar-refractivity contribution in [3.63, 3.8) is 0 Å². The van der Waals surface area contributed by atoms with Gasteiger partial charge in [-0.1, -0.05) is 6.07 Å². The van der Waals surface area contributed by atoms with Crippen LogP contribution in [0.1, 0.15) is 12.0 Å². The number of carbonyl (C=O) groups is 2. The van der Waals surface area contributed by atoms with E-state index in [-0.39, 0.29) is 12.8 Å². The van der Waals surface area contributed by atoms with E-state index in [0.29, 0.717) is 22.8 Å². The topological polar surface area (TPSA) is 91.3 Å². The van der Waals surface area contributed by atoms with Crippen molar-refractivity contribution in [2.75, 3.05) is 28.4 Å². The summed E-state index contributed by atoms with van der Waals surface area (Å²) < 4.78 is 20.4. The van der Waals surface area contributed by atoms with E-state index in [0.717, 1.165) is 0 Å². The Balaban J connectivity index is 3.18. The van der Waals surface area contributed by atoms with E-state index in [1.54, 1.807) is 12.1 Å². The van der Waals surface area contributed by atoms with Gasteiger partial charge in [0.05, 0.1) is 40.8 Å². The molecule has 122 valence electrons. The Morgan fingerprint density at radius 3 is 2.14 bits per heavy atom. The molecule has 0 aliphatic heterocycles. The largest absolute Gasteiger partial charge is 0.493 e. The van der Waals surface area contributed by atoms with E-state index in [4.69, 9.17) is 19.3 Å². The first-order valence-corrected chi connectivity index (χ1v) is 6.55. The monoisotopic (exact) mass is 312 g/mol. The van der Waals surface area contributed by atoms with Gasteiger partial charge in [0.25, 0.3) is 0 Å². The lowest BCUT2D eigenvalue weighted by Gasteiger charge is -2.18. The smallest absolute Gasteiger partial charge is 0.309 e. The van der Waals surface area contributed by atoms with Gasteiger partial charge in [0, 0.05) is 0 Å². The van der Waals surface area contributed by atoms with Gasteiger partial charge in [-0.15, -0.1) is 0 Å². The molecule has 7 heteroatoms. The third kappa shape index (κ3) is 4.03. The standard InChI is InChI=1S/C15H20O7/c1-19-11-6-5-9(13(20-2)14(11)21-3)7-10(8-12(16)17)15(18)22-4/h5-6,10H,7-8H2,1-4H3,(H,16,17)/t10-/m1/s1. The summed E-state index contributed by atoms with van der Waals surface area (Å²) in [4.78, 5) is 22.7. The highest BCUT2D eigenvalue weighted by Crippen LogP contribution is 2.40. The molecule has 0 unspecified atom stereocenters. The van der Waals surface area contributed by atoms with Crippen molar-refractivity contribution in [3.8, 4) is 17.2 Å². The normalized spacial score (nSPS) is 11.5. The van der Waals surface area contributed by atoms with Crippen LogP contribution in [0.4, 0.5) is 0 Å². The number of ether oxygens (including phenoxy) is 4. The number of rotatable bonds is 8. The van der Waals surface area contributed by atoms with E-state index < -0.39 is 17.9 Å². The number of esters is 1. The highest BCUT2D eigenvalue weighted by molar-refractivity contribution is 5.79. The van der Waals surface area contributed by atoms with Gasteiger partial charge in [-0.05, 0) is 18.1 Å². The third-order valence-electron chi connectivity index (χ3n) is 3.21. The minimum atomic E-state index is -1.07. The lowest BCUT2D eigenvalue weighted by atomic mass is 9.95. The Morgan fingerprint density at radius 2 is 1.68 bits per heavy atom. The van der Waals surface area contributed by atoms with Crippen LogP contribution in [0.5, 0.6) is 17.2 Å². The van der Waals surface area contributed by atoms with Gasteiger partial charge in [0.15, 0.2) is 11.5 Å². The van der Waals surface area contributed by atoms with E-state index in [1.807, 2.05) is 0 Å². The van der Waals surface area contributed by atoms with Gasteiger partial charge >= 0.3 is 11.9 Å². The van der Waals surface area contributed by atoms with E-state index in [2.05, 4.69) is 4.74 Å². The third-order valence-corrected chi connectivity index (χ3v) is 3.21. The van der Waals surface area contributed by atoms with Crippen LogP contribution in [-0.4, -0.2) is 45.5 Å². The van der Waals surface area contributed by atoms with Crippen molar-refractivity contribution in [3.05, 3.63) is 17.7 Å². The van der Waals surface area contributed by atoms with Crippen LogP contribution < -0.4 is 14.2 Å². The van der Waals surface area contributed by atoms with Crippen molar-refractivity contribution in [1.29, 1.82) is 0 Å². The van der Waals surface area contributed by atoms with Gasteiger partial charge in [-0.3, -0.25) is 9.59 Å². The number of carboxylic acid groups (broad SMARTS) is 1. The molecule has 0 fully saturated rings. The Hall–Kier alpha value is -2.44. The van der Waals surface area contributed by atoms with Crippen LogP contribution in [0.3, 0.4) is 0 Å². The maximum atomic E-state index is 11.7. The molecule has 0 aliphatic rings. The second kappa shape index (κ2) is 8.11. The molecule has 1 rings (SSSR count). The summed E-state index contributed by atoms with van der Waals surface area (Å²) >= 11 is 0. The van der Waals surface area contributed by atoms with Crippen LogP contribution in [-0.2, 0) is 20.7 Å². The van der Waals surface area contributed by atoms with Crippen LogP contribution in [0.2, 0.25) is 0 Å². The van der Waals surface area contributed by atoms with Gasteiger partial charge < -0.3 is 24.1 Å². The molecule has 0 spiro atoms. The molecule has 7 nitrogen and oxygen atoms in total. The van der Waals surface area contributed by atoms with Gasteiger partial charge in [-0.2, -0.15) is 0 Å². The first-order chi connectivity index (χ1) is 10.5. The Bertz CT molecular complexity index is 539. The molecule has 0 heterocycles. The van der Waals surface area contributed by atoms with Crippen molar-refractivity contribution in [2.45, 2.75) is 12.8 Å². The molecule has 0 saturated carbocycles. The van der Waals surface area contributed by atoms with Crippen LogP contribution in [0, 0.1) is 5.92 Å². The number of hydrogen-bond acceptors (Lipinski definition) is 6. The molecule has 0 saturated heterocycles. The van der Waals surface area contributed by atoms with Crippen LogP contribution >= 0.6 is 0 Å². The van der Waals surface area contributed by atoms with Crippen LogP contribution in [0.15, 0.2) is 12.1 Å². The molecule has 0 bridgehead atoms. The van der Waals surface area contributed by atoms with Gasteiger partial charge in [-0.25, -0.2) is 0 Å². The van der Waals surface area contributed by atoms with Crippen molar-refractivity contribution >= 4 is 11.9 Å². The number of benzene rings is 1. The fraction of sp³-hybridized carbons (Fsp3) is 0.467. The lowest BCUT2D eigenvalue weighted by Crippen LogP contribution is -2.22. The number of hydrogen-bond donors (Lipinski definition) is 1. The molecule has 0 aliphatic carbocycles. The summed E-state index contributed by atoms with van der Waals surface area (Å²) in [5.41, 5.74) is 0.636. The fourth-order valence-electron chi connectivity index (χ4n) is 2.21. The molecular weight excluding hydrogens is 292 g/mol. The second-order valence-corrected chi connectivity index (χ2v) is 4.52. The SMILES string of the molecule is COC(=O)[C@@H](CC(=O)O)Cc1ccc(OC)c(OC)c1OC. The minimum Gasteiger partial charge on any atom is -0.493 e. The first-order valence-electron chi connectivity index (χ1n) is 6.55. The predicted octanol–water partition coefficient (Wildman–Crippen LogP) is 1.52. The quantitative estimate of drug-likeness (QED) is 0.728. The molecular formula is C15H20O7. The summed E-state index contributed by atoms with van der Waals surface area (Å²) in [6.45, 7) is 0. The number of carbonyl (C=O) groups excluding carboxylic acids is 1.